The molecule has 212 valence electrons. The molecule has 2 fully saturated rings. The number of nitrogens with one attached hydrogen (secondary N) is 2. The summed E-state index contributed by atoms with van der Waals surface area (Å²) in [4.78, 5) is 35.8. The number of aliphatic carboxylic acids is 1. The summed E-state index contributed by atoms with van der Waals surface area (Å²) in [5, 5.41) is 14.2. The van der Waals surface area contributed by atoms with E-state index in [9.17, 15) is 9.59 Å². The van der Waals surface area contributed by atoms with Gasteiger partial charge in [0, 0.05) is 19.6 Å². The van der Waals surface area contributed by atoms with Gasteiger partial charge in [0.2, 0.25) is 0 Å². The maximum atomic E-state index is 12.1. The fourth-order valence-electron chi connectivity index (χ4n) is 4.68. The van der Waals surface area contributed by atoms with Gasteiger partial charge < -0.3 is 29.4 Å². The van der Waals surface area contributed by atoms with E-state index in [1.807, 2.05) is 49.4 Å². The molecule has 2 aliphatic heterocycles. The maximum absolute atomic E-state index is 12.1. The van der Waals surface area contributed by atoms with Crippen LogP contribution in [0.5, 0.6) is 0 Å². The van der Waals surface area contributed by atoms with Crippen LogP contribution in [0.3, 0.4) is 0 Å². The Morgan fingerprint density at radius 1 is 1.10 bits per heavy atom. The summed E-state index contributed by atoms with van der Waals surface area (Å²) in [7, 11) is 0. The van der Waals surface area contributed by atoms with Crippen molar-refractivity contribution in [3.8, 4) is 0 Å². The molecule has 3 aromatic rings. The van der Waals surface area contributed by atoms with Crippen LogP contribution in [-0.4, -0.2) is 81.0 Å². The molecule has 0 aliphatic carbocycles. The Kier molecular flexibility index (Phi) is 8.96. The number of carbonyl (C=O) groups is 2. The summed E-state index contributed by atoms with van der Waals surface area (Å²) in [5.74, 6) is -0.547. The number of ether oxygens (including phenoxy) is 4. The first-order chi connectivity index (χ1) is 19.5. The fraction of sp³-hybridized carbons (Fsp3) is 0.444. The second kappa shape index (κ2) is 13.0. The zero-order valence-electron chi connectivity index (χ0n) is 22.0. The molecule has 0 radical (unpaired) electrons. The Morgan fingerprint density at radius 3 is 2.73 bits per heavy atom. The molecule has 1 aromatic carbocycles. The molecule has 5 unspecified atom stereocenters. The van der Waals surface area contributed by atoms with Crippen LogP contribution in [0.4, 0.5) is 10.6 Å². The number of anilines is 1. The first kappa shape index (κ1) is 27.6. The predicted molar refractivity (Wildman–Crippen MR) is 143 cm³/mol. The minimum Gasteiger partial charge on any atom is -0.481 e. The van der Waals surface area contributed by atoms with Crippen molar-refractivity contribution in [2.24, 2.45) is 0 Å². The molecule has 2 amide bonds. The molecule has 0 bridgehead atoms. The first-order valence-corrected chi connectivity index (χ1v) is 13.2. The Labute approximate surface area is 230 Å². The Bertz CT molecular complexity index is 1330. The molecule has 40 heavy (non-hydrogen) atoms. The first-order valence-electron chi connectivity index (χ1n) is 13.2. The molecule has 0 spiro atoms. The topological polar surface area (TPSA) is 159 Å². The summed E-state index contributed by atoms with van der Waals surface area (Å²) in [6, 6.07) is 9.45. The standard InChI is InChI=1S/C27H32N6O7/c1-2-28-27(36)32-24-21-25(30-15-29-24)33(16-31-21)26-23-22(18(38-26)14-37-13-7-6-10-19(34)35)39-20(40-23)12-11-17-8-4-3-5-9-17/h3-5,8-9,11-12,15-16,18,20,22-23,26H,2,6-7,10,13-14H2,1H3,(H,34,35)(H2,28,29,30,32,36)/b12-11+. The van der Waals surface area contributed by atoms with Crippen LogP contribution >= 0.6 is 0 Å². The summed E-state index contributed by atoms with van der Waals surface area (Å²) < 4.78 is 26.5. The molecule has 5 rings (SSSR count). The number of rotatable bonds is 12. The molecule has 2 aliphatic rings. The smallest absolute Gasteiger partial charge is 0.320 e. The number of urea groups is 1. The minimum absolute atomic E-state index is 0.106. The van der Waals surface area contributed by atoms with Gasteiger partial charge in [-0.3, -0.25) is 14.7 Å². The summed E-state index contributed by atoms with van der Waals surface area (Å²) in [6.45, 7) is 2.94. The third kappa shape index (κ3) is 6.45. The lowest BCUT2D eigenvalue weighted by Gasteiger charge is -2.20. The molecule has 2 aromatic heterocycles. The highest BCUT2D eigenvalue weighted by Gasteiger charge is 2.53. The third-order valence-corrected chi connectivity index (χ3v) is 6.53. The average Bonchev–Trinajstić information content (AvgIpc) is 3.64. The number of aromatic nitrogens is 4. The second-order valence-corrected chi connectivity index (χ2v) is 9.36. The number of hydrogen-bond donors (Lipinski definition) is 3. The van der Waals surface area contributed by atoms with Crippen molar-refractivity contribution in [1.82, 2.24) is 24.8 Å². The van der Waals surface area contributed by atoms with Gasteiger partial charge in [-0.15, -0.1) is 0 Å². The summed E-state index contributed by atoms with van der Waals surface area (Å²) in [5.41, 5.74) is 1.89. The van der Waals surface area contributed by atoms with Crippen molar-refractivity contribution in [3.05, 3.63) is 54.6 Å². The van der Waals surface area contributed by atoms with Crippen molar-refractivity contribution >= 4 is 35.1 Å². The minimum atomic E-state index is -0.823. The molecular weight excluding hydrogens is 520 g/mol. The van der Waals surface area contributed by atoms with Crippen LogP contribution < -0.4 is 10.6 Å². The maximum Gasteiger partial charge on any atom is 0.320 e. The average molecular weight is 553 g/mol. The number of carbonyl (C=O) groups excluding carboxylic acids is 1. The molecule has 2 saturated heterocycles. The van der Waals surface area contributed by atoms with Crippen LogP contribution in [0.1, 0.15) is 38.0 Å². The third-order valence-electron chi connectivity index (χ3n) is 6.53. The SMILES string of the molecule is CCNC(=O)Nc1ncnc2c1ncn2C1OC(COCCCCC(=O)O)C2OC(/C=C/c3ccccc3)OC21. The molecule has 4 heterocycles. The number of fused-ring (bicyclic) bond motifs is 2. The lowest BCUT2D eigenvalue weighted by atomic mass is 10.1. The number of hydrogen-bond acceptors (Lipinski definition) is 9. The number of imidazole rings is 1. The Morgan fingerprint density at radius 2 is 1.93 bits per heavy atom. The van der Waals surface area contributed by atoms with Crippen molar-refractivity contribution in [3.63, 3.8) is 0 Å². The number of nitrogens with zero attached hydrogens (tertiary/aromatic N) is 4. The van der Waals surface area contributed by atoms with Crippen molar-refractivity contribution in [2.75, 3.05) is 25.1 Å². The van der Waals surface area contributed by atoms with Gasteiger partial charge >= 0.3 is 12.0 Å². The highest BCUT2D eigenvalue weighted by molar-refractivity contribution is 5.95. The van der Waals surface area contributed by atoms with Crippen LogP contribution in [0.2, 0.25) is 0 Å². The van der Waals surface area contributed by atoms with Crippen LogP contribution in [0, 0.1) is 0 Å². The van der Waals surface area contributed by atoms with E-state index in [0.717, 1.165) is 5.56 Å². The molecule has 5 atom stereocenters. The number of unbranched alkanes of at least 4 members (excludes halogenated alkanes) is 1. The van der Waals surface area contributed by atoms with Gasteiger partial charge in [-0.25, -0.2) is 19.7 Å². The van der Waals surface area contributed by atoms with Gasteiger partial charge in [-0.1, -0.05) is 36.4 Å². The zero-order chi connectivity index (χ0) is 27.9. The largest absolute Gasteiger partial charge is 0.481 e. The van der Waals surface area contributed by atoms with Crippen molar-refractivity contribution < 1.29 is 33.6 Å². The van der Waals surface area contributed by atoms with Gasteiger partial charge in [0.25, 0.3) is 0 Å². The van der Waals surface area contributed by atoms with E-state index in [0.29, 0.717) is 37.2 Å². The van der Waals surface area contributed by atoms with Gasteiger partial charge in [0.05, 0.1) is 12.9 Å². The number of carboxylic acids is 1. The van der Waals surface area contributed by atoms with E-state index >= 15 is 0 Å². The van der Waals surface area contributed by atoms with E-state index in [-0.39, 0.29) is 18.8 Å². The lowest BCUT2D eigenvalue weighted by molar-refractivity contribution is -0.138. The van der Waals surface area contributed by atoms with E-state index < -0.39 is 42.8 Å². The molecule has 0 saturated carbocycles. The van der Waals surface area contributed by atoms with E-state index in [1.165, 1.54) is 6.33 Å². The van der Waals surface area contributed by atoms with Crippen molar-refractivity contribution in [1.29, 1.82) is 0 Å². The van der Waals surface area contributed by atoms with Gasteiger partial charge in [-0.05, 0) is 31.4 Å². The van der Waals surface area contributed by atoms with Gasteiger partial charge in [0.15, 0.2) is 29.5 Å². The van der Waals surface area contributed by atoms with Gasteiger partial charge in [-0.2, -0.15) is 0 Å². The van der Waals surface area contributed by atoms with Crippen LogP contribution in [0.15, 0.2) is 49.1 Å². The molecular formula is C27H32N6O7. The Balaban J connectivity index is 1.33. The number of carboxylic acid groups (broad SMARTS) is 1. The fourth-order valence-corrected chi connectivity index (χ4v) is 4.68. The normalized spacial score (nSPS) is 24.0. The van der Waals surface area contributed by atoms with E-state index in [1.54, 1.807) is 10.9 Å². The molecule has 13 nitrogen and oxygen atoms in total. The van der Waals surface area contributed by atoms with E-state index in [2.05, 4.69) is 25.6 Å². The number of amides is 2. The predicted octanol–water partition coefficient (Wildman–Crippen LogP) is 2.96. The molecule has 3 N–H and O–H groups in total. The Hall–Kier alpha value is -3.91. The quantitative estimate of drug-likeness (QED) is 0.285. The molecule has 13 heteroatoms. The highest BCUT2D eigenvalue weighted by atomic mass is 16.8. The lowest BCUT2D eigenvalue weighted by Crippen LogP contribution is -2.32. The monoisotopic (exact) mass is 552 g/mol. The zero-order valence-corrected chi connectivity index (χ0v) is 22.0. The second-order valence-electron chi connectivity index (χ2n) is 9.36. The summed E-state index contributed by atoms with van der Waals surface area (Å²) >= 11 is 0. The van der Waals surface area contributed by atoms with E-state index in [4.69, 9.17) is 24.1 Å². The van der Waals surface area contributed by atoms with Gasteiger partial charge in [0.1, 0.15) is 24.6 Å². The highest BCUT2D eigenvalue weighted by Crippen LogP contribution is 2.41. The van der Waals surface area contributed by atoms with Crippen LogP contribution in [-0.2, 0) is 23.7 Å². The number of benzene rings is 1. The van der Waals surface area contributed by atoms with Crippen LogP contribution in [0.25, 0.3) is 17.2 Å². The van der Waals surface area contributed by atoms with Crippen molar-refractivity contribution in [2.45, 2.75) is 57.0 Å². The summed E-state index contributed by atoms with van der Waals surface area (Å²) in [6.07, 6.45) is 5.41.